The van der Waals surface area contributed by atoms with Crippen molar-refractivity contribution in [1.29, 1.82) is 0 Å². The number of pyridine rings is 1. The van der Waals surface area contributed by atoms with Crippen LogP contribution in [0.4, 0.5) is 18.9 Å². The zero-order valence-corrected chi connectivity index (χ0v) is 13.3. The molecule has 3 rings (SSSR count). The number of hydrogen-bond donors (Lipinski definition) is 0. The third-order valence-corrected chi connectivity index (χ3v) is 3.74. The van der Waals surface area contributed by atoms with E-state index in [0.29, 0.717) is 10.8 Å². The molecule has 0 aliphatic carbocycles. The summed E-state index contributed by atoms with van der Waals surface area (Å²) in [5, 5.41) is 11.6. The number of hydrogen-bond acceptors (Lipinski definition) is 5. The standard InChI is InChI=1S/C17H11F3N2O4/c1-25-15-5-12(18)14(22(23)24)6-16(15)26-8-11-10-7-21-3-2-9(10)4-13(19)17(11)20/h2-7H,8H2,1H3. The third kappa shape index (κ3) is 3.10. The van der Waals surface area contributed by atoms with Crippen LogP contribution in [0.25, 0.3) is 10.8 Å². The number of benzene rings is 2. The van der Waals surface area contributed by atoms with Crippen molar-refractivity contribution in [1.82, 2.24) is 4.98 Å². The molecule has 0 spiro atoms. The molecule has 2 aromatic carbocycles. The molecular weight excluding hydrogens is 353 g/mol. The molecule has 0 fully saturated rings. The van der Waals surface area contributed by atoms with Gasteiger partial charge in [0.15, 0.2) is 23.1 Å². The van der Waals surface area contributed by atoms with E-state index in [2.05, 4.69) is 4.98 Å². The highest BCUT2D eigenvalue weighted by molar-refractivity contribution is 5.85. The Bertz CT molecular complexity index is 1010. The molecule has 0 unspecified atom stereocenters. The molecule has 3 aromatic rings. The second-order valence-corrected chi connectivity index (χ2v) is 5.25. The van der Waals surface area contributed by atoms with Crippen molar-refractivity contribution in [2.45, 2.75) is 6.61 Å². The number of nitro groups is 1. The predicted octanol–water partition coefficient (Wildman–Crippen LogP) is 4.15. The van der Waals surface area contributed by atoms with E-state index in [1.165, 1.54) is 25.6 Å². The Morgan fingerprint density at radius 2 is 1.92 bits per heavy atom. The molecule has 0 aliphatic heterocycles. The third-order valence-electron chi connectivity index (χ3n) is 3.74. The van der Waals surface area contributed by atoms with Crippen LogP contribution in [0.5, 0.6) is 11.5 Å². The molecule has 1 heterocycles. The van der Waals surface area contributed by atoms with E-state index in [-0.39, 0.29) is 17.1 Å². The Balaban J connectivity index is 2.02. The lowest BCUT2D eigenvalue weighted by Crippen LogP contribution is -2.04. The second kappa shape index (κ2) is 6.87. The van der Waals surface area contributed by atoms with Gasteiger partial charge in [-0.05, 0) is 17.5 Å². The largest absolute Gasteiger partial charge is 0.493 e. The summed E-state index contributed by atoms with van der Waals surface area (Å²) in [5.41, 5.74) is -0.950. The zero-order chi connectivity index (χ0) is 18.8. The molecule has 0 radical (unpaired) electrons. The minimum absolute atomic E-state index is 0.118. The highest BCUT2D eigenvalue weighted by atomic mass is 19.2. The van der Waals surface area contributed by atoms with Crippen LogP contribution in [0.15, 0.2) is 36.7 Å². The zero-order valence-electron chi connectivity index (χ0n) is 13.3. The van der Waals surface area contributed by atoms with Gasteiger partial charge in [0.2, 0.25) is 5.82 Å². The predicted molar refractivity (Wildman–Crippen MR) is 85.6 cm³/mol. The SMILES string of the molecule is COc1cc(F)c([N+](=O)[O-])cc1OCc1c(F)c(F)cc2ccncc12. The van der Waals surface area contributed by atoms with Crippen molar-refractivity contribution < 1.29 is 27.6 Å². The average Bonchev–Trinajstić information content (AvgIpc) is 2.62. The van der Waals surface area contributed by atoms with Crippen molar-refractivity contribution in [3.05, 3.63) is 69.8 Å². The minimum atomic E-state index is -1.12. The van der Waals surface area contributed by atoms with Gasteiger partial charge in [0.1, 0.15) is 6.61 Å². The van der Waals surface area contributed by atoms with Gasteiger partial charge in [-0.2, -0.15) is 4.39 Å². The fourth-order valence-corrected chi connectivity index (χ4v) is 2.47. The number of fused-ring (bicyclic) bond motifs is 1. The normalized spacial score (nSPS) is 10.8. The van der Waals surface area contributed by atoms with E-state index in [9.17, 15) is 23.3 Å². The molecule has 0 amide bonds. The molecule has 134 valence electrons. The molecule has 0 aliphatic rings. The van der Waals surface area contributed by atoms with E-state index in [1.807, 2.05) is 0 Å². The summed E-state index contributed by atoms with van der Waals surface area (Å²) >= 11 is 0. The molecule has 6 nitrogen and oxygen atoms in total. The number of halogens is 3. The lowest BCUT2D eigenvalue weighted by molar-refractivity contribution is -0.387. The second-order valence-electron chi connectivity index (χ2n) is 5.25. The molecule has 0 saturated carbocycles. The highest BCUT2D eigenvalue weighted by Gasteiger charge is 2.21. The van der Waals surface area contributed by atoms with E-state index in [0.717, 1.165) is 18.2 Å². The molecular formula is C17H11F3N2O4. The van der Waals surface area contributed by atoms with Gasteiger partial charge in [-0.1, -0.05) is 0 Å². The number of aromatic nitrogens is 1. The van der Waals surface area contributed by atoms with E-state index < -0.39 is 34.7 Å². The van der Waals surface area contributed by atoms with Crippen LogP contribution in [0, 0.1) is 27.6 Å². The first kappa shape index (κ1) is 17.5. The van der Waals surface area contributed by atoms with Crippen LogP contribution in [-0.2, 0) is 6.61 Å². The lowest BCUT2D eigenvalue weighted by Gasteiger charge is -2.13. The summed E-state index contributed by atoms with van der Waals surface area (Å²) in [6, 6.07) is 4.14. The van der Waals surface area contributed by atoms with Gasteiger partial charge < -0.3 is 9.47 Å². The molecule has 26 heavy (non-hydrogen) atoms. The fraction of sp³-hybridized carbons (Fsp3) is 0.118. The molecule has 1 aromatic heterocycles. The summed E-state index contributed by atoms with van der Waals surface area (Å²) in [4.78, 5) is 13.8. The Kier molecular flexibility index (Phi) is 4.61. The Hall–Kier alpha value is -3.36. The first-order valence-electron chi connectivity index (χ1n) is 7.27. The molecule has 0 atom stereocenters. The monoisotopic (exact) mass is 364 g/mol. The van der Waals surface area contributed by atoms with Crippen molar-refractivity contribution in [2.75, 3.05) is 7.11 Å². The van der Waals surface area contributed by atoms with Gasteiger partial charge in [0.25, 0.3) is 0 Å². The van der Waals surface area contributed by atoms with Gasteiger partial charge in [-0.15, -0.1) is 0 Å². The molecule has 9 heteroatoms. The number of nitrogens with zero attached hydrogens (tertiary/aromatic N) is 2. The Morgan fingerprint density at radius 1 is 1.15 bits per heavy atom. The van der Waals surface area contributed by atoms with Gasteiger partial charge in [0.05, 0.1) is 18.1 Å². The summed E-state index contributed by atoms with van der Waals surface area (Å²) in [6.45, 7) is -0.467. The van der Waals surface area contributed by atoms with Crippen LogP contribution in [0.2, 0.25) is 0 Å². The van der Waals surface area contributed by atoms with Gasteiger partial charge in [0, 0.05) is 29.4 Å². The number of ether oxygens (including phenoxy) is 2. The quantitative estimate of drug-likeness (QED) is 0.502. The smallest absolute Gasteiger partial charge is 0.308 e. The van der Waals surface area contributed by atoms with Crippen molar-refractivity contribution in [3.8, 4) is 11.5 Å². The minimum Gasteiger partial charge on any atom is -0.493 e. The summed E-state index contributed by atoms with van der Waals surface area (Å²) < 4.78 is 52.0. The van der Waals surface area contributed by atoms with E-state index >= 15 is 0 Å². The van der Waals surface area contributed by atoms with Gasteiger partial charge >= 0.3 is 5.69 Å². The summed E-state index contributed by atoms with van der Waals surface area (Å²) in [7, 11) is 1.22. The van der Waals surface area contributed by atoms with Gasteiger partial charge in [-0.3, -0.25) is 15.1 Å². The van der Waals surface area contributed by atoms with Crippen molar-refractivity contribution in [3.63, 3.8) is 0 Å². The number of methoxy groups -OCH3 is 1. The first-order valence-corrected chi connectivity index (χ1v) is 7.27. The van der Waals surface area contributed by atoms with E-state index in [1.54, 1.807) is 0 Å². The Labute approximate surface area is 144 Å². The van der Waals surface area contributed by atoms with Crippen LogP contribution >= 0.6 is 0 Å². The molecule has 0 N–H and O–H groups in total. The highest BCUT2D eigenvalue weighted by Crippen LogP contribution is 2.35. The maximum absolute atomic E-state index is 14.2. The maximum atomic E-state index is 14.2. The molecule has 0 bridgehead atoms. The maximum Gasteiger partial charge on any atom is 0.308 e. The summed E-state index contributed by atoms with van der Waals surface area (Å²) in [5.74, 6) is -3.60. The van der Waals surface area contributed by atoms with Crippen LogP contribution in [0.3, 0.4) is 0 Å². The lowest BCUT2D eigenvalue weighted by atomic mass is 10.1. The topological polar surface area (TPSA) is 74.5 Å². The molecule has 0 saturated heterocycles. The summed E-state index contributed by atoms with van der Waals surface area (Å²) in [6.07, 6.45) is 2.78. The van der Waals surface area contributed by atoms with Crippen LogP contribution < -0.4 is 9.47 Å². The van der Waals surface area contributed by atoms with E-state index in [4.69, 9.17) is 9.47 Å². The van der Waals surface area contributed by atoms with Crippen LogP contribution in [0.1, 0.15) is 5.56 Å². The van der Waals surface area contributed by atoms with Crippen molar-refractivity contribution >= 4 is 16.5 Å². The van der Waals surface area contributed by atoms with Gasteiger partial charge in [-0.25, -0.2) is 8.78 Å². The van der Waals surface area contributed by atoms with Crippen molar-refractivity contribution in [2.24, 2.45) is 0 Å². The Morgan fingerprint density at radius 3 is 2.62 bits per heavy atom. The number of nitro benzene ring substituents is 1. The first-order chi connectivity index (χ1) is 12.4. The average molecular weight is 364 g/mol. The van der Waals surface area contributed by atoms with Crippen LogP contribution in [-0.4, -0.2) is 17.0 Å². The number of rotatable bonds is 5. The fourth-order valence-electron chi connectivity index (χ4n) is 2.47.